The lowest BCUT2D eigenvalue weighted by Crippen LogP contribution is -2.47. The van der Waals surface area contributed by atoms with Gasteiger partial charge in [0.2, 0.25) is 11.8 Å². The predicted octanol–water partition coefficient (Wildman–Crippen LogP) is 2.97. The van der Waals surface area contributed by atoms with Gasteiger partial charge in [-0.05, 0) is 19.4 Å². The third-order valence-electron chi connectivity index (χ3n) is 6.73. The first kappa shape index (κ1) is 26.2. The summed E-state index contributed by atoms with van der Waals surface area (Å²) < 4.78 is 88.0. The van der Waals surface area contributed by atoms with Crippen molar-refractivity contribution in [1.29, 1.82) is 0 Å². The van der Waals surface area contributed by atoms with E-state index in [0.29, 0.717) is 19.6 Å². The molecule has 2 saturated heterocycles. The number of rotatable bonds is 7. The largest absolute Gasteiger partial charge is 0.488 e. The van der Waals surface area contributed by atoms with Crippen LogP contribution in [0.15, 0.2) is 18.5 Å². The molecular weight excluding hydrogens is 495 g/mol. The van der Waals surface area contributed by atoms with Gasteiger partial charge < -0.3 is 19.3 Å². The van der Waals surface area contributed by atoms with Crippen LogP contribution in [-0.4, -0.2) is 70.1 Å². The van der Waals surface area contributed by atoms with Crippen LogP contribution in [0.25, 0.3) is 0 Å². The van der Waals surface area contributed by atoms with Crippen molar-refractivity contribution in [3.63, 3.8) is 0 Å². The van der Waals surface area contributed by atoms with Gasteiger partial charge in [-0.15, -0.1) is 5.10 Å². The third-order valence-corrected chi connectivity index (χ3v) is 6.73. The van der Waals surface area contributed by atoms with Gasteiger partial charge in [0.25, 0.3) is 5.91 Å². The Bertz CT molecular complexity index is 1110. The molecule has 1 aromatic carbocycles. The van der Waals surface area contributed by atoms with Crippen molar-refractivity contribution >= 4 is 11.9 Å². The molecule has 2 aliphatic heterocycles. The topological polar surface area (TPSA) is 108 Å². The maximum Gasteiger partial charge on any atom is 0.417 e. The number of aromatic nitrogens is 3. The van der Waals surface area contributed by atoms with E-state index in [4.69, 9.17) is 19.3 Å². The maximum absolute atomic E-state index is 14.6. The zero-order valence-corrected chi connectivity index (χ0v) is 19.4. The van der Waals surface area contributed by atoms with E-state index in [2.05, 4.69) is 15.4 Å². The number of alkyl halides is 3. The van der Waals surface area contributed by atoms with Crippen LogP contribution in [0.1, 0.15) is 37.8 Å². The summed E-state index contributed by atoms with van der Waals surface area (Å²) in [7, 11) is 0. The standard InChI is InChI=1S/C22H25F5N4O5/c1-11-15(13-3-4-14(23)16(24)17(13)35-8-6-32)18(36-21(11,2)22(25,26)27)19(33)29-20-28-10-31(30-20)12-5-7-34-9-12/h3-4,10-12,15,18,32H,5-9H2,1-2H3,(H,29,30,33)/t11-,12?,15-,18+,21+/m0/s1. The van der Waals surface area contributed by atoms with Gasteiger partial charge in [0, 0.05) is 24.0 Å². The van der Waals surface area contributed by atoms with Crippen molar-refractivity contribution in [2.24, 2.45) is 5.92 Å². The number of amides is 1. The molecule has 3 heterocycles. The highest BCUT2D eigenvalue weighted by Gasteiger charge is 2.66. The maximum atomic E-state index is 14.6. The minimum atomic E-state index is -4.90. The second-order valence-electron chi connectivity index (χ2n) is 8.86. The van der Waals surface area contributed by atoms with E-state index in [1.165, 1.54) is 17.9 Å². The Hall–Kier alpha value is -2.84. The van der Waals surface area contributed by atoms with E-state index in [9.17, 15) is 26.7 Å². The van der Waals surface area contributed by atoms with E-state index in [0.717, 1.165) is 19.1 Å². The molecule has 0 aliphatic carbocycles. The Kier molecular flexibility index (Phi) is 7.21. The van der Waals surface area contributed by atoms with E-state index in [-0.39, 0.29) is 17.6 Å². The lowest BCUT2D eigenvalue weighted by molar-refractivity contribution is -0.272. The summed E-state index contributed by atoms with van der Waals surface area (Å²) in [5.74, 6) is -7.43. The number of hydrogen-bond acceptors (Lipinski definition) is 7. The van der Waals surface area contributed by atoms with Crippen LogP contribution in [0, 0.1) is 17.6 Å². The minimum Gasteiger partial charge on any atom is -0.488 e. The van der Waals surface area contributed by atoms with Crippen LogP contribution >= 0.6 is 0 Å². The molecule has 5 atom stereocenters. The highest BCUT2D eigenvalue weighted by atomic mass is 19.4. The summed E-state index contributed by atoms with van der Waals surface area (Å²) in [5.41, 5.74) is -3.00. The van der Waals surface area contributed by atoms with E-state index < -0.39 is 66.2 Å². The molecule has 9 nitrogen and oxygen atoms in total. The molecule has 2 aliphatic rings. The number of anilines is 1. The second kappa shape index (κ2) is 9.90. The number of carbonyl (C=O) groups is 1. The van der Waals surface area contributed by atoms with Crippen LogP contribution in [0.5, 0.6) is 5.75 Å². The molecule has 2 aromatic rings. The number of nitrogens with one attached hydrogen (secondary N) is 1. The highest BCUT2D eigenvalue weighted by Crippen LogP contribution is 2.55. The highest BCUT2D eigenvalue weighted by molar-refractivity contribution is 5.94. The molecule has 198 valence electrons. The first-order valence-corrected chi connectivity index (χ1v) is 11.2. The summed E-state index contributed by atoms with van der Waals surface area (Å²) in [5, 5.41) is 15.6. The third kappa shape index (κ3) is 4.64. The van der Waals surface area contributed by atoms with Crippen LogP contribution in [-0.2, 0) is 14.3 Å². The van der Waals surface area contributed by atoms with Crippen molar-refractivity contribution < 1.29 is 46.1 Å². The Morgan fingerprint density at radius 1 is 1.36 bits per heavy atom. The van der Waals surface area contributed by atoms with Gasteiger partial charge in [0.1, 0.15) is 19.0 Å². The summed E-state index contributed by atoms with van der Waals surface area (Å²) in [6.45, 7) is 1.92. The minimum absolute atomic E-state index is 0.0967. The van der Waals surface area contributed by atoms with Crippen molar-refractivity contribution in [1.82, 2.24) is 14.8 Å². The number of nitrogens with zero attached hydrogens (tertiary/aromatic N) is 3. The smallest absolute Gasteiger partial charge is 0.417 e. The average molecular weight is 520 g/mol. The van der Waals surface area contributed by atoms with Gasteiger partial charge >= 0.3 is 6.18 Å². The number of hydrogen-bond donors (Lipinski definition) is 2. The fourth-order valence-corrected chi connectivity index (χ4v) is 4.55. The lowest BCUT2D eigenvalue weighted by Gasteiger charge is -2.32. The molecule has 0 saturated carbocycles. The van der Waals surface area contributed by atoms with Crippen molar-refractivity contribution in [2.75, 3.05) is 31.7 Å². The van der Waals surface area contributed by atoms with Gasteiger partial charge in [0.15, 0.2) is 17.2 Å². The molecule has 1 unspecified atom stereocenters. The monoisotopic (exact) mass is 520 g/mol. The molecule has 1 aromatic heterocycles. The molecule has 0 spiro atoms. The number of benzene rings is 1. The van der Waals surface area contributed by atoms with E-state index >= 15 is 0 Å². The zero-order chi connectivity index (χ0) is 26.3. The summed E-state index contributed by atoms with van der Waals surface area (Å²) in [4.78, 5) is 17.2. The SMILES string of the molecule is C[C@H]1[C@@H](c2ccc(F)c(F)c2OCCO)[C@H](C(=O)Nc2ncn(C3CCOC3)n2)O[C@@]1(C)C(F)(F)F. The molecule has 2 fully saturated rings. The van der Waals surface area contributed by atoms with E-state index in [1.807, 2.05) is 0 Å². The molecule has 2 N–H and O–H groups in total. The summed E-state index contributed by atoms with van der Waals surface area (Å²) >= 11 is 0. The summed E-state index contributed by atoms with van der Waals surface area (Å²) in [6, 6.07) is 1.68. The number of ether oxygens (including phenoxy) is 3. The van der Waals surface area contributed by atoms with Crippen LogP contribution < -0.4 is 10.1 Å². The average Bonchev–Trinajstić information content (AvgIpc) is 3.56. The van der Waals surface area contributed by atoms with Gasteiger partial charge in [-0.25, -0.2) is 14.1 Å². The second-order valence-corrected chi connectivity index (χ2v) is 8.86. The fraction of sp³-hybridized carbons (Fsp3) is 0.591. The Morgan fingerprint density at radius 2 is 2.11 bits per heavy atom. The van der Waals surface area contributed by atoms with Crippen molar-refractivity contribution in [3.8, 4) is 5.75 Å². The Morgan fingerprint density at radius 3 is 2.75 bits per heavy atom. The number of halogens is 5. The first-order chi connectivity index (χ1) is 17.0. The fourth-order valence-electron chi connectivity index (χ4n) is 4.55. The number of aliphatic hydroxyl groups excluding tert-OH is 1. The molecule has 36 heavy (non-hydrogen) atoms. The predicted molar refractivity (Wildman–Crippen MR) is 113 cm³/mol. The molecule has 1 amide bonds. The Balaban J connectivity index is 1.70. The molecule has 4 rings (SSSR count). The molecular formula is C22H25F5N4O5. The first-order valence-electron chi connectivity index (χ1n) is 11.2. The van der Waals surface area contributed by atoms with Crippen LogP contribution in [0.4, 0.5) is 27.9 Å². The Labute approximate surface area is 202 Å². The van der Waals surface area contributed by atoms with Crippen molar-refractivity contribution in [2.45, 2.75) is 50.1 Å². The molecule has 0 radical (unpaired) electrons. The van der Waals surface area contributed by atoms with E-state index in [1.54, 1.807) is 0 Å². The van der Waals surface area contributed by atoms with Gasteiger partial charge in [0.05, 0.1) is 19.3 Å². The zero-order valence-electron chi connectivity index (χ0n) is 19.4. The van der Waals surface area contributed by atoms with Gasteiger partial charge in [-0.3, -0.25) is 10.1 Å². The normalized spacial score (nSPS) is 28.4. The van der Waals surface area contributed by atoms with Gasteiger partial charge in [-0.2, -0.15) is 17.6 Å². The number of carbonyl (C=O) groups excluding carboxylic acids is 1. The van der Waals surface area contributed by atoms with Crippen molar-refractivity contribution in [3.05, 3.63) is 35.7 Å². The van der Waals surface area contributed by atoms with Gasteiger partial charge in [-0.1, -0.05) is 13.0 Å². The van der Waals surface area contributed by atoms with Crippen LogP contribution in [0.3, 0.4) is 0 Å². The molecule has 0 bridgehead atoms. The summed E-state index contributed by atoms with van der Waals surface area (Å²) in [6.07, 6.45) is -4.64. The quantitative estimate of drug-likeness (QED) is 0.541. The van der Waals surface area contributed by atoms with Crippen LogP contribution in [0.2, 0.25) is 0 Å². The molecule has 14 heteroatoms. The number of aliphatic hydroxyl groups is 1. The lowest BCUT2D eigenvalue weighted by atomic mass is 9.77.